The lowest BCUT2D eigenvalue weighted by Gasteiger charge is -2.32. The summed E-state index contributed by atoms with van der Waals surface area (Å²) in [6, 6.07) is 8.77. The van der Waals surface area contributed by atoms with Crippen molar-refractivity contribution in [3.05, 3.63) is 35.4 Å². The summed E-state index contributed by atoms with van der Waals surface area (Å²) in [6.07, 6.45) is 4.08. The minimum Gasteiger partial charge on any atom is -0.320 e. The first-order chi connectivity index (χ1) is 8.79. The van der Waals surface area contributed by atoms with Gasteiger partial charge in [0.15, 0.2) is 0 Å². The molecule has 2 nitrogen and oxygen atoms in total. The first-order valence-corrected chi connectivity index (χ1v) is 7.21. The lowest BCUT2D eigenvalue weighted by atomic mass is 9.93. The lowest BCUT2D eigenvalue weighted by molar-refractivity contribution is 0.172. The number of hydrogen-bond acceptors (Lipinski definition) is 2. The van der Waals surface area contributed by atoms with Gasteiger partial charge in [-0.05, 0) is 69.9 Å². The molecule has 0 bridgehead atoms. The summed E-state index contributed by atoms with van der Waals surface area (Å²) in [5, 5.41) is 3.26. The molecule has 1 aromatic rings. The summed E-state index contributed by atoms with van der Waals surface area (Å²) in [5.41, 5.74) is 2.92. The summed E-state index contributed by atoms with van der Waals surface area (Å²) < 4.78 is 0. The molecule has 1 aliphatic heterocycles. The monoisotopic (exact) mass is 246 g/mol. The van der Waals surface area contributed by atoms with Crippen molar-refractivity contribution in [2.24, 2.45) is 5.92 Å². The van der Waals surface area contributed by atoms with Gasteiger partial charge < -0.3 is 5.32 Å². The van der Waals surface area contributed by atoms with E-state index in [1.807, 2.05) is 7.05 Å². The highest BCUT2D eigenvalue weighted by Gasteiger charge is 2.18. The molecule has 1 aromatic carbocycles. The Morgan fingerprint density at radius 3 is 2.61 bits per heavy atom. The van der Waals surface area contributed by atoms with E-state index in [1.165, 1.54) is 50.0 Å². The number of aryl methyl sites for hydroxylation is 1. The fourth-order valence-corrected chi connectivity index (χ4v) is 2.81. The van der Waals surface area contributed by atoms with Crippen LogP contribution in [-0.2, 0) is 6.54 Å². The molecule has 0 aromatic heterocycles. The quantitative estimate of drug-likeness (QED) is 0.859. The predicted octanol–water partition coefficient (Wildman–Crippen LogP) is 2.82. The zero-order valence-electron chi connectivity index (χ0n) is 11.8. The van der Waals surface area contributed by atoms with E-state index < -0.39 is 0 Å². The van der Waals surface area contributed by atoms with Gasteiger partial charge in [-0.2, -0.15) is 0 Å². The van der Waals surface area contributed by atoms with E-state index >= 15 is 0 Å². The second kappa shape index (κ2) is 6.91. The third-order valence-corrected chi connectivity index (χ3v) is 4.16. The van der Waals surface area contributed by atoms with Crippen LogP contribution in [0.1, 0.15) is 30.4 Å². The van der Waals surface area contributed by atoms with Crippen molar-refractivity contribution in [1.29, 1.82) is 0 Å². The molecule has 0 atom stereocenters. The van der Waals surface area contributed by atoms with Gasteiger partial charge in [-0.1, -0.05) is 24.3 Å². The van der Waals surface area contributed by atoms with Crippen molar-refractivity contribution in [3.8, 4) is 0 Å². The van der Waals surface area contributed by atoms with Gasteiger partial charge in [0.25, 0.3) is 0 Å². The maximum absolute atomic E-state index is 3.26. The molecule has 0 unspecified atom stereocenters. The zero-order chi connectivity index (χ0) is 12.8. The SMILES string of the molecule is CNCCC1CCN(Cc2ccccc2C)CC1. The molecule has 1 aliphatic rings. The van der Waals surface area contributed by atoms with Crippen molar-refractivity contribution in [2.45, 2.75) is 32.7 Å². The molecule has 1 heterocycles. The summed E-state index contributed by atoms with van der Waals surface area (Å²) in [4.78, 5) is 2.61. The molecule has 0 saturated carbocycles. The van der Waals surface area contributed by atoms with E-state index in [2.05, 4.69) is 41.4 Å². The minimum absolute atomic E-state index is 0.936. The van der Waals surface area contributed by atoms with Crippen molar-refractivity contribution >= 4 is 0 Å². The van der Waals surface area contributed by atoms with Gasteiger partial charge in [0.1, 0.15) is 0 Å². The van der Waals surface area contributed by atoms with Gasteiger partial charge in [-0.25, -0.2) is 0 Å². The summed E-state index contributed by atoms with van der Waals surface area (Å²) in [6.45, 7) is 7.05. The molecule has 0 spiro atoms. The van der Waals surface area contributed by atoms with Crippen LogP contribution < -0.4 is 5.32 Å². The molecule has 0 radical (unpaired) electrons. The van der Waals surface area contributed by atoms with E-state index in [-0.39, 0.29) is 0 Å². The van der Waals surface area contributed by atoms with Crippen molar-refractivity contribution in [3.63, 3.8) is 0 Å². The second-order valence-corrected chi connectivity index (χ2v) is 5.54. The van der Waals surface area contributed by atoms with E-state index in [0.29, 0.717) is 0 Å². The Hall–Kier alpha value is -0.860. The van der Waals surface area contributed by atoms with Crippen LogP contribution in [0.25, 0.3) is 0 Å². The van der Waals surface area contributed by atoms with Crippen LogP contribution in [0.2, 0.25) is 0 Å². The van der Waals surface area contributed by atoms with E-state index in [4.69, 9.17) is 0 Å². The van der Waals surface area contributed by atoms with Crippen LogP contribution in [0, 0.1) is 12.8 Å². The third kappa shape index (κ3) is 3.82. The summed E-state index contributed by atoms with van der Waals surface area (Å²) >= 11 is 0. The van der Waals surface area contributed by atoms with Crippen LogP contribution in [0.15, 0.2) is 24.3 Å². The molecule has 0 amide bonds. The van der Waals surface area contributed by atoms with E-state index in [1.54, 1.807) is 0 Å². The Labute approximate surface area is 111 Å². The van der Waals surface area contributed by atoms with Gasteiger partial charge in [0.05, 0.1) is 0 Å². The Morgan fingerprint density at radius 1 is 1.22 bits per heavy atom. The molecule has 1 N–H and O–H groups in total. The van der Waals surface area contributed by atoms with Gasteiger partial charge in [-0.15, -0.1) is 0 Å². The average Bonchev–Trinajstić information content (AvgIpc) is 2.41. The molecule has 100 valence electrons. The van der Waals surface area contributed by atoms with Crippen molar-refractivity contribution in [2.75, 3.05) is 26.7 Å². The maximum Gasteiger partial charge on any atom is 0.0236 e. The first-order valence-electron chi connectivity index (χ1n) is 7.21. The Bertz CT molecular complexity index is 354. The minimum atomic E-state index is 0.936. The Morgan fingerprint density at radius 2 is 1.94 bits per heavy atom. The van der Waals surface area contributed by atoms with E-state index in [9.17, 15) is 0 Å². The molecule has 1 fully saturated rings. The first kappa shape index (κ1) is 13.6. The third-order valence-electron chi connectivity index (χ3n) is 4.16. The predicted molar refractivity (Wildman–Crippen MR) is 77.7 cm³/mol. The van der Waals surface area contributed by atoms with Gasteiger partial charge >= 0.3 is 0 Å². The fourth-order valence-electron chi connectivity index (χ4n) is 2.81. The van der Waals surface area contributed by atoms with Crippen LogP contribution in [-0.4, -0.2) is 31.6 Å². The van der Waals surface area contributed by atoms with Crippen molar-refractivity contribution < 1.29 is 0 Å². The number of likely N-dealkylation sites (tertiary alicyclic amines) is 1. The second-order valence-electron chi connectivity index (χ2n) is 5.54. The smallest absolute Gasteiger partial charge is 0.0236 e. The topological polar surface area (TPSA) is 15.3 Å². The number of rotatable bonds is 5. The van der Waals surface area contributed by atoms with Crippen molar-refractivity contribution in [1.82, 2.24) is 10.2 Å². The number of piperidine rings is 1. The molecule has 18 heavy (non-hydrogen) atoms. The number of hydrogen-bond donors (Lipinski definition) is 1. The highest BCUT2D eigenvalue weighted by molar-refractivity contribution is 5.25. The van der Waals surface area contributed by atoms with Crippen LogP contribution in [0.5, 0.6) is 0 Å². The number of nitrogens with zero attached hydrogens (tertiary/aromatic N) is 1. The standard InChI is InChI=1S/C16H26N2/c1-14-5-3-4-6-16(14)13-18-11-8-15(9-12-18)7-10-17-2/h3-6,15,17H,7-13H2,1-2H3. The molecule has 2 rings (SSSR count). The van der Waals surface area contributed by atoms with Crippen LogP contribution in [0.4, 0.5) is 0 Å². The Balaban J connectivity index is 1.78. The number of nitrogens with one attached hydrogen (secondary N) is 1. The lowest BCUT2D eigenvalue weighted by Crippen LogP contribution is -2.34. The van der Waals surface area contributed by atoms with Gasteiger partial charge in [0, 0.05) is 6.54 Å². The van der Waals surface area contributed by atoms with E-state index in [0.717, 1.165) is 12.5 Å². The summed E-state index contributed by atoms with van der Waals surface area (Å²) in [5.74, 6) is 0.936. The van der Waals surface area contributed by atoms with Crippen LogP contribution >= 0.6 is 0 Å². The molecule has 1 saturated heterocycles. The maximum atomic E-state index is 3.26. The largest absolute Gasteiger partial charge is 0.320 e. The molecular weight excluding hydrogens is 220 g/mol. The normalized spacial score (nSPS) is 18.1. The zero-order valence-corrected chi connectivity index (χ0v) is 11.8. The summed E-state index contributed by atoms with van der Waals surface area (Å²) in [7, 11) is 2.05. The molecule has 2 heteroatoms. The fraction of sp³-hybridized carbons (Fsp3) is 0.625. The average molecular weight is 246 g/mol. The highest BCUT2D eigenvalue weighted by atomic mass is 15.1. The van der Waals surface area contributed by atoms with Crippen LogP contribution in [0.3, 0.4) is 0 Å². The Kier molecular flexibility index (Phi) is 5.21. The van der Waals surface area contributed by atoms with Gasteiger partial charge in [0.2, 0.25) is 0 Å². The molecular formula is C16H26N2. The van der Waals surface area contributed by atoms with Gasteiger partial charge in [-0.3, -0.25) is 4.90 Å². The highest BCUT2D eigenvalue weighted by Crippen LogP contribution is 2.22. The number of benzene rings is 1. The molecule has 0 aliphatic carbocycles.